The first-order chi connectivity index (χ1) is 8.29. The first kappa shape index (κ1) is 14.7. The van der Waals surface area contributed by atoms with Gasteiger partial charge in [-0.2, -0.15) is 0 Å². The molecule has 100 valence electrons. The quantitative estimate of drug-likeness (QED) is 0.620. The monoisotopic (exact) mass is 247 g/mol. The molecule has 3 nitrogen and oxygen atoms in total. The van der Waals surface area contributed by atoms with Crippen LogP contribution in [0.3, 0.4) is 0 Å². The fourth-order valence-corrected chi connectivity index (χ4v) is 2.27. The molecule has 0 heterocycles. The second kappa shape index (κ2) is 6.01. The number of nitrogens with one attached hydrogen (secondary N) is 1. The molecule has 0 bridgehead atoms. The Balaban J connectivity index is 2.88. The smallest absolute Gasteiger partial charge is 0.0924 e. The molecule has 18 heavy (non-hydrogen) atoms. The summed E-state index contributed by atoms with van der Waals surface area (Å²) < 4.78 is 0. The van der Waals surface area contributed by atoms with Crippen molar-refractivity contribution in [2.24, 2.45) is 11.1 Å². The van der Waals surface area contributed by atoms with Gasteiger partial charge in [-0.3, -0.25) is 10.3 Å². The molecule has 0 amide bonds. The number of nitrogens with two attached hydrogens (primary N) is 1. The lowest BCUT2D eigenvalue weighted by atomic mass is 9.93. The third-order valence-electron chi connectivity index (χ3n) is 2.85. The fraction of sp³-hybridized carbons (Fsp3) is 0.533. The standard InChI is InChI=1S/C15H25N3/c1-15(2,3)11-18(4)13(10-14(16)17)12-8-6-5-7-9-12/h5-9,13H,10-11H2,1-4H3,(H3,16,17). The normalized spacial score (nSPS) is 13.6. The van der Waals surface area contributed by atoms with Crippen LogP contribution in [-0.2, 0) is 0 Å². The van der Waals surface area contributed by atoms with Crippen LogP contribution >= 0.6 is 0 Å². The third-order valence-corrected chi connectivity index (χ3v) is 2.85. The Hall–Kier alpha value is -1.35. The molecular weight excluding hydrogens is 222 g/mol. The molecule has 0 spiro atoms. The molecule has 1 atom stereocenters. The van der Waals surface area contributed by atoms with Crippen LogP contribution in [0.15, 0.2) is 30.3 Å². The zero-order valence-corrected chi connectivity index (χ0v) is 11.9. The molecule has 0 aliphatic carbocycles. The van der Waals surface area contributed by atoms with E-state index in [-0.39, 0.29) is 17.3 Å². The van der Waals surface area contributed by atoms with E-state index in [0.717, 1.165) is 6.54 Å². The van der Waals surface area contributed by atoms with Crippen molar-refractivity contribution in [1.29, 1.82) is 5.41 Å². The molecular formula is C15H25N3. The zero-order valence-electron chi connectivity index (χ0n) is 11.9. The number of hydrogen-bond acceptors (Lipinski definition) is 2. The summed E-state index contributed by atoms with van der Waals surface area (Å²) >= 11 is 0. The summed E-state index contributed by atoms with van der Waals surface area (Å²) in [6.45, 7) is 7.64. The van der Waals surface area contributed by atoms with E-state index in [1.54, 1.807) is 0 Å². The van der Waals surface area contributed by atoms with Gasteiger partial charge in [0.15, 0.2) is 0 Å². The van der Waals surface area contributed by atoms with E-state index >= 15 is 0 Å². The highest BCUT2D eigenvalue weighted by Crippen LogP contribution is 2.26. The van der Waals surface area contributed by atoms with Gasteiger partial charge in [0.2, 0.25) is 0 Å². The van der Waals surface area contributed by atoms with Crippen LogP contribution in [0, 0.1) is 10.8 Å². The number of amidine groups is 1. The highest BCUT2D eigenvalue weighted by molar-refractivity contribution is 5.77. The Morgan fingerprint density at radius 3 is 2.28 bits per heavy atom. The first-order valence-electron chi connectivity index (χ1n) is 6.38. The highest BCUT2D eigenvalue weighted by atomic mass is 15.1. The topological polar surface area (TPSA) is 53.1 Å². The molecule has 0 aromatic heterocycles. The van der Waals surface area contributed by atoms with Crippen LogP contribution in [0.4, 0.5) is 0 Å². The Bertz CT molecular complexity index is 378. The molecule has 3 N–H and O–H groups in total. The minimum absolute atomic E-state index is 0.183. The Morgan fingerprint density at radius 2 is 1.83 bits per heavy atom. The van der Waals surface area contributed by atoms with Gasteiger partial charge < -0.3 is 5.73 Å². The summed E-state index contributed by atoms with van der Waals surface area (Å²) in [4.78, 5) is 2.29. The van der Waals surface area contributed by atoms with Crippen LogP contribution in [0.25, 0.3) is 0 Å². The fourth-order valence-electron chi connectivity index (χ4n) is 2.27. The van der Waals surface area contributed by atoms with Gasteiger partial charge >= 0.3 is 0 Å². The minimum Gasteiger partial charge on any atom is -0.388 e. The number of hydrogen-bond donors (Lipinski definition) is 2. The molecule has 0 aliphatic rings. The predicted molar refractivity (Wildman–Crippen MR) is 77.8 cm³/mol. The van der Waals surface area contributed by atoms with Crippen molar-refractivity contribution < 1.29 is 0 Å². The summed E-state index contributed by atoms with van der Waals surface area (Å²) in [5.41, 5.74) is 7.05. The summed E-state index contributed by atoms with van der Waals surface area (Å²) in [7, 11) is 2.10. The number of nitrogens with zero attached hydrogens (tertiary/aromatic N) is 1. The molecule has 0 fully saturated rings. The lowest BCUT2D eigenvalue weighted by Crippen LogP contribution is -2.34. The van der Waals surface area contributed by atoms with Gasteiger partial charge in [0.25, 0.3) is 0 Å². The van der Waals surface area contributed by atoms with Gasteiger partial charge in [-0.1, -0.05) is 51.1 Å². The van der Waals surface area contributed by atoms with Crippen LogP contribution in [-0.4, -0.2) is 24.3 Å². The van der Waals surface area contributed by atoms with E-state index in [0.29, 0.717) is 6.42 Å². The maximum atomic E-state index is 7.55. The largest absolute Gasteiger partial charge is 0.388 e. The molecule has 0 aliphatic heterocycles. The molecule has 0 radical (unpaired) electrons. The van der Waals surface area contributed by atoms with E-state index in [1.807, 2.05) is 18.2 Å². The van der Waals surface area contributed by atoms with Crippen molar-refractivity contribution in [3.8, 4) is 0 Å². The molecule has 1 aromatic rings. The third kappa shape index (κ3) is 4.88. The van der Waals surface area contributed by atoms with Crippen LogP contribution in [0.5, 0.6) is 0 Å². The van der Waals surface area contributed by atoms with Crippen molar-refractivity contribution in [2.45, 2.75) is 33.2 Å². The summed E-state index contributed by atoms with van der Waals surface area (Å²) in [6, 6.07) is 10.5. The zero-order chi connectivity index (χ0) is 13.8. The van der Waals surface area contributed by atoms with Gasteiger partial charge in [0.1, 0.15) is 0 Å². The summed E-state index contributed by atoms with van der Waals surface area (Å²) in [5.74, 6) is 0.240. The Labute approximate surface area is 111 Å². The van der Waals surface area contributed by atoms with Crippen molar-refractivity contribution >= 4 is 5.84 Å². The minimum atomic E-state index is 0.183. The van der Waals surface area contributed by atoms with Crippen molar-refractivity contribution in [2.75, 3.05) is 13.6 Å². The molecule has 0 saturated heterocycles. The molecule has 1 unspecified atom stereocenters. The average Bonchev–Trinajstić information content (AvgIpc) is 2.24. The van der Waals surface area contributed by atoms with E-state index in [4.69, 9.17) is 11.1 Å². The van der Waals surface area contributed by atoms with Gasteiger partial charge in [-0.05, 0) is 18.0 Å². The van der Waals surface area contributed by atoms with Crippen LogP contribution in [0.2, 0.25) is 0 Å². The lowest BCUT2D eigenvalue weighted by Gasteiger charge is -2.33. The molecule has 1 rings (SSSR count). The maximum Gasteiger partial charge on any atom is 0.0924 e. The van der Waals surface area contributed by atoms with Crippen LogP contribution in [0.1, 0.15) is 38.8 Å². The average molecular weight is 247 g/mol. The maximum absolute atomic E-state index is 7.55. The van der Waals surface area contributed by atoms with E-state index in [1.165, 1.54) is 5.56 Å². The lowest BCUT2D eigenvalue weighted by molar-refractivity contribution is 0.175. The summed E-state index contributed by atoms with van der Waals surface area (Å²) in [6.07, 6.45) is 0.580. The van der Waals surface area contributed by atoms with Gasteiger partial charge in [-0.25, -0.2) is 0 Å². The second-order valence-corrected chi connectivity index (χ2v) is 6.13. The van der Waals surface area contributed by atoms with E-state index in [2.05, 4.69) is 44.9 Å². The molecule has 3 heteroatoms. The van der Waals surface area contributed by atoms with E-state index in [9.17, 15) is 0 Å². The summed E-state index contributed by atoms with van der Waals surface area (Å²) in [5, 5.41) is 7.55. The second-order valence-electron chi connectivity index (χ2n) is 6.13. The highest BCUT2D eigenvalue weighted by Gasteiger charge is 2.22. The predicted octanol–water partition coefficient (Wildman–Crippen LogP) is 3.03. The molecule has 1 aromatic carbocycles. The SMILES string of the molecule is CN(CC(C)(C)C)C(CC(=N)N)c1ccccc1. The van der Waals surface area contributed by atoms with Gasteiger partial charge in [-0.15, -0.1) is 0 Å². The number of rotatable bonds is 5. The van der Waals surface area contributed by atoms with Gasteiger partial charge in [0.05, 0.1) is 5.84 Å². The Kier molecular flexibility index (Phi) is 4.91. The van der Waals surface area contributed by atoms with Crippen molar-refractivity contribution in [3.63, 3.8) is 0 Å². The van der Waals surface area contributed by atoms with Crippen molar-refractivity contribution in [3.05, 3.63) is 35.9 Å². The van der Waals surface area contributed by atoms with Crippen LogP contribution < -0.4 is 5.73 Å². The van der Waals surface area contributed by atoms with Gasteiger partial charge in [0, 0.05) is 19.0 Å². The molecule has 0 saturated carbocycles. The first-order valence-corrected chi connectivity index (χ1v) is 6.38. The van der Waals surface area contributed by atoms with E-state index < -0.39 is 0 Å². The Morgan fingerprint density at radius 1 is 1.28 bits per heavy atom. The van der Waals surface area contributed by atoms with Crippen molar-refractivity contribution in [1.82, 2.24) is 4.90 Å². The number of benzene rings is 1.